The van der Waals surface area contributed by atoms with Crippen molar-refractivity contribution < 1.29 is 9.13 Å². The Bertz CT molecular complexity index is 522. The van der Waals surface area contributed by atoms with Gasteiger partial charge in [-0.3, -0.25) is 4.98 Å². The molecule has 0 spiro atoms. The van der Waals surface area contributed by atoms with Gasteiger partial charge in [-0.15, -0.1) is 0 Å². The van der Waals surface area contributed by atoms with E-state index in [0.717, 1.165) is 16.3 Å². The monoisotopic (exact) mass is 217 g/mol. The van der Waals surface area contributed by atoms with E-state index in [1.54, 1.807) is 30.8 Å². The highest BCUT2D eigenvalue weighted by atomic mass is 19.1. The summed E-state index contributed by atoms with van der Waals surface area (Å²) in [5, 5.41) is 1.76. The van der Waals surface area contributed by atoms with Crippen LogP contribution in [0.3, 0.4) is 0 Å². The molecule has 1 aromatic heterocycles. The predicted octanol–water partition coefficient (Wildman–Crippen LogP) is 3.38. The Morgan fingerprint density at radius 3 is 3.12 bits per heavy atom. The zero-order chi connectivity index (χ0) is 11.4. The van der Waals surface area contributed by atoms with Crippen LogP contribution < -0.4 is 0 Å². The summed E-state index contributed by atoms with van der Waals surface area (Å²) in [6.45, 7) is 2.50. The van der Waals surface area contributed by atoms with Gasteiger partial charge in [-0.25, -0.2) is 4.39 Å². The molecule has 0 N–H and O–H groups in total. The second kappa shape index (κ2) is 4.75. The molecule has 0 saturated heterocycles. The van der Waals surface area contributed by atoms with E-state index >= 15 is 0 Å². The Labute approximate surface area is 93.4 Å². The third-order valence-electron chi connectivity index (χ3n) is 2.26. The van der Waals surface area contributed by atoms with E-state index in [4.69, 9.17) is 4.74 Å². The minimum absolute atomic E-state index is 0.255. The third-order valence-corrected chi connectivity index (χ3v) is 2.26. The molecule has 3 heteroatoms. The Morgan fingerprint density at radius 2 is 2.31 bits per heavy atom. The van der Waals surface area contributed by atoms with Crippen LogP contribution in [-0.2, 0) is 4.74 Å². The van der Waals surface area contributed by atoms with Crippen LogP contribution in [0.1, 0.15) is 12.5 Å². The van der Waals surface area contributed by atoms with Gasteiger partial charge in [-0.2, -0.15) is 0 Å². The van der Waals surface area contributed by atoms with Gasteiger partial charge in [0.15, 0.2) is 0 Å². The van der Waals surface area contributed by atoms with Gasteiger partial charge in [0.2, 0.25) is 0 Å². The topological polar surface area (TPSA) is 22.1 Å². The first-order chi connectivity index (χ1) is 7.81. The van der Waals surface area contributed by atoms with Crippen LogP contribution in [0.25, 0.3) is 16.8 Å². The second-order valence-electron chi connectivity index (χ2n) is 3.35. The van der Waals surface area contributed by atoms with E-state index in [0.29, 0.717) is 6.61 Å². The van der Waals surface area contributed by atoms with Crippen molar-refractivity contribution in [2.45, 2.75) is 6.92 Å². The van der Waals surface area contributed by atoms with Crippen molar-refractivity contribution in [2.24, 2.45) is 0 Å². The maximum Gasteiger partial charge on any atom is 0.124 e. The van der Waals surface area contributed by atoms with Crippen LogP contribution in [0.15, 0.2) is 36.9 Å². The number of aromatic nitrogens is 1. The molecule has 0 aliphatic heterocycles. The normalized spacial score (nSPS) is 11.1. The fourth-order valence-electron chi connectivity index (χ4n) is 1.54. The highest BCUT2D eigenvalue weighted by Gasteiger charge is 2.01. The van der Waals surface area contributed by atoms with Crippen LogP contribution >= 0.6 is 0 Å². The van der Waals surface area contributed by atoms with Gasteiger partial charge in [0, 0.05) is 17.8 Å². The Kier molecular flexibility index (Phi) is 3.15. The molecule has 0 aliphatic carbocycles. The largest absolute Gasteiger partial charge is 0.501 e. The Morgan fingerprint density at radius 1 is 1.44 bits per heavy atom. The standard InChI is InChI=1S/C13H12FNO/c1-2-16-6-4-11-8-12(14)7-10-3-5-15-9-13(10)11/h3-9H,2H2,1H3. The van der Waals surface area contributed by atoms with Crippen molar-refractivity contribution in [3.63, 3.8) is 0 Å². The number of halogens is 1. The van der Waals surface area contributed by atoms with Crippen molar-refractivity contribution >= 4 is 16.8 Å². The number of rotatable bonds is 3. The molecule has 16 heavy (non-hydrogen) atoms. The van der Waals surface area contributed by atoms with E-state index in [-0.39, 0.29) is 5.82 Å². The summed E-state index contributed by atoms with van der Waals surface area (Å²) in [6, 6.07) is 4.75. The third kappa shape index (κ3) is 2.19. The number of hydrogen-bond donors (Lipinski definition) is 0. The SMILES string of the molecule is CCOC=Cc1cc(F)cc2ccncc12. The number of hydrogen-bond acceptors (Lipinski definition) is 2. The van der Waals surface area contributed by atoms with Gasteiger partial charge >= 0.3 is 0 Å². The molecular formula is C13H12FNO. The molecule has 82 valence electrons. The van der Waals surface area contributed by atoms with Crippen LogP contribution in [0.2, 0.25) is 0 Å². The minimum atomic E-state index is -0.255. The van der Waals surface area contributed by atoms with E-state index in [2.05, 4.69) is 4.98 Å². The Hall–Kier alpha value is -1.90. The maximum absolute atomic E-state index is 13.3. The first-order valence-corrected chi connectivity index (χ1v) is 5.12. The van der Waals surface area contributed by atoms with Crippen molar-refractivity contribution in [1.29, 1.82) is 0 Å². The molecule has 0 radical (unpaired) electrons. The average molecular weight is 217 g/mol. The molecule has 0 unspecified atom stereocenters. The summed E-state index contributed by atoms with van der Waals surface area (Å²) in [5.41, 5.74) is 0.775. The molecule has 0 aliphatic rings. The van der Waals surface area contributed by atoms with Gasteiger partial charge in [0.1, 0.15) is 5.82 Å². The number of benzene rings is 1. The number of fused-ring (bicyclic) bond motifs is 1. The molecule has 2 aromatic rings. The lowest BCUT2D eigenvalue weighted by Gasteiger charge is -2.02. The highest BCUT2D eigenvalue weighted by molar-refractivity contribution is 5.89. The highest BCUT2D eigenvalue weighted by Crippen LogP contribution is 2.20. The maximum atomic E-state index is 13.3. The first-order valence-electron chi connectivity index (χ1n) is 5.12. The molecule has 2 rings (SSSR count). The van der Waals surface area contributed by atoms with E-state index in [9.17, 15) is 4.39 Å². The summed E-state index contributed by atoms with van der Waals surface area (Å²) >= 11 is 0. The molecule has 1 aromatic carbocycles. The van der Waals surface area contributed by atoms with E-state index in [1.165, 1.54) is 12.1 Å². The summed E-state index contributed by atoms with van der Waals surface area (Å²) in [7, 11) is 0. The lowest BCUT2D eigenvalue weighted by Crippen LogP contribution is -1.84. The Balaban J connectivity index is 2.50. The first kappa shape index (κ1) is 10.6. The van der Waals surface area contributed by atoms with Gasteiger partial charge in [0.05, 0.1) is 12.9 Å². The van der Waals surface area contributed by atoms with Gasteiger partial charge in [-0.05, 0) is 42.1 Å². The fourth-order valence-corrected chi connectivity index (χ4v) is 1.54. The molecule has 0 atom stereocenters. The molecule has 0 saturated carbocycles. The van der Waals surface area contributed by atoms with Gasteiger partial charge in [0.25, 0.3) is 0 Å². The van der Waals surface area contributed by atoms with E-state index in [1.807, 2.05) is 6.92 Å². The number of ether oxygens (including phenoxy) is 1. The van der Waals surface area contributed by atoms with Crippen molar-refractivity contribution in [3.8, 4) is 0 Å². The summed E-state index contributed by atoms with van der Waals surface area (Å²) in [6.07, 6.45) is 6.69. The number of nitrogens with zero attached hydrogens (tertiary/aromatic N) is 1. The van der Waals surface area contributed by atoms with Crippen LogP contribution in [0.5, 0.6) is 0 Å². The number of pyridine rings is 1. The van der Waals surface area contributed by atoms with Gasteiger partial charge in [-0.1, -0.05) is 0 Å². The lowest BCUT2D eigenvalue weighted by molar-refractivity contribution is 0.272. The summed E-state index contributed by atoms with van der Waals surface area (Å²) in [5.74, 6) is -0.255. The molecular weight excluding hydrogens is 205 g/mol. The van der Waals surface area contributed by atoms with E-state index < -0.39 is 0 Å². The van der Waals surface area contributed by atoms with Gasteiger partial charge < -0.3 is 4.74 Å². The predicted molar refractivity (Wildman–Crippen MR) is 62.4 cm³/mol. The minimum Gasteiger partial charge on any atom is -0.501 e. The van der Waals surface area contributed by atoms with Crippen molar-refractivity contribution in [1.82, 2.24) is 4.98 Å². The van der Waals surface area contributed by atoms with Crippen molar-refractivity contribution in [2.75, 3.05) is 6.61 Å². The zero-order valence-electron chi connectivity index (χ0n) is 8.98. The molecule has 2 nitrogen and oxygen atoms in total. The second-order valence-corrected chi connectivity index (χ2v) is 3.35. The molecule has 0 bridgehead atoms. The van der Waals surface area contributed by atoms with Crippen LogP contribution in [0.4, 0.5) is 4.39 Å². The molecule has 0 fully saturated rings. The average Bonchev–Trinajstić information content (AvgIpc) is 2.29. The van der Waals surface area contributed by atoms with Crippen LogP contribution in [-0.4, -0.2) is 11.6 Å². The lowest BCUT2D eigenvalue weighted by atomic mass is 10.1. The summed E-state index contributed by atoms with van der Waals surface area (Å²) < 4.78 is 18.4. The van der Waals surface area contributed by atoms with Crippen molar-refractivity contribution in [3.05, 3.63) is 48.2 Å². The fraction of sp³-hybridized carbons (Fsp3) is 0.154. The summed E-state index contributed by atoms with van der Waals surface area (Å²) in [4.78, 5) is 4.03. The molecule has 0 amide bonds. The zero-order valence-corrected chi connectivity index (χ0v) is 8.98. The molecule has 1 heterocycles. The van der Waals surface area contributed by atoms with Crippen LogP contribution in [0, 0.1) is 5.82 Å². The quantitative estimate of drug-likeness (QED) is 0.735. The smallest absolute Gasteiger partial charge is 0.124 e.